The molecule has 5 rings (SSSR count). The lowest BCUT2D eigenvalue weighted by atomic mass is 10.0. The molecule has 1 saturated heterocycles. The van der Waals surface area contributed by atoms with Crippen molar-refractivity contribution >= 4 is 17.3 Å². The van der Waals surface area contributed by atoms with Gasteiger partial charge in [-0.05, 0) is 79.3 Å². The molecule has 4 heterocycles. The topological polar surface area (TPSA) is 55.2 Å². The molecule has 7 heteroatoms. The number of nitrogens with zero attached hydrogens (tertiary/aromatic N) is 4. The van der Waals surface area contributed by atoms with Crippen LogP contribution >= 0.6 is 12.2 Å². The SMILES string of the molecule is COc1ccc(-n2c(C)ccc2[C@@H]2[C@@H](c3ccccn3)NC(=S)N2Cc2cccnc2)cc1. The summed E-state index contributed by atoms with van der Waals surface area (Å²) in [5.74, 6) is 0.832. The van der Waals surface area contributed by atoms with Gasteiger partial charge in [0.25, 0.3) is 0 Å². The van der Waals surface area contributed by atoms with Crippen molar-refractivity contribution in [1.29, 1.82) is 0 Å². The second-order valence-corrected chi connectivity index (χ2v) is 8.44. The van der Waals surface area contributed by atoms with Gasteiger partial charge in [-0.15, -0.1) is 0 Å². The van der Waals surface area contributed by atoms with E-state index in [2.05, 4.69) is 62.0 Å². The molecule has 33 heavy (non-hydrogen) atoms. The summed E-state index contributed by atoms with van der Waals surface area (Å²) in [5.41, 5.74) is 5.43. The first-order valence-corrected chi connectivity index (χ1v) is 11.3. The molecule has 1 aliphatic heterocycles. The summed E-state index contributed by atoms with van der Waals surface area (Å²) in [6.45, 7) is 2.77. The third-order valence-corrected chi connectivity index (χ3v) is 6.37. The van der Waals surface area contributed by atoms with Gasteiger partial charge in [0.05, 0.1) is 24.9 Å². The van der Waals surface area contributed by atoms with Crippen LogP contribution in [-0.2, 0) is 6.54 Å². The molecule has 1 aliphatic rings. The molecule has 0 radical (unpaired) electrons. The van der Waals surface area contributed by atoms with Crippen LogP contribution in [0.25, 0.3) is 5.69 Å². The smallest absolute Gasteiger partial charge is 0.170 e. The van der Waals surface area contributed by atoms with Gasteiger partial charge >= 0.3 is 0 Å². The summed E-state index contributed by atoms with van der Waals surface area (Å²) in [7, 11) is 1.68. The van der Waals surface area contributed by atoms with Crippen molar-refractivity contribution in [3.8, 4) is 11.4 Å². The summed E-state index contributed by atoms with van der Waals surface area (Å²) in [6.07, 6.45) is 5.51. The standard InChI is InChI=1S/C26H25N5OS/c1-18-8-13-23(31(18)20-9-11-21(32-2)12-10-20)25-24(22-7-3-4-15-28-22)29-26(33)30(25)17-19-6-5-14-27-16-19/h3-16,24-25H,17H2,1-2H3,(H,29,33)/t24-,25-/m1/s1. The van der Waals surface area contributed by atoms with Crippen molar-refractivity contribution in [3.05, 3.63) is 108 Å². The Morgan fingerprint density at radius 3 is 2.55 bits per heavy atom. The zero-order valence-corrected chi connectivity index (χ0v) is 19.4. The molecule has 1 aromatic carbocycles. The number of thiocarbonyl (C=S) groups is 1. The number of aromatic nitrogens is 3. The molecule has 1 fully saturated rings. The lowest BCUT2D eigenvalue weighted by molar-refractivity contribution is 0.301. The number of rotatable bonds is 6. The fourth-order valence-electron chi connectivity index (χ4n) is 4.46. The Kier molecular flexibility index (Phi) is 5.79. The normalized spacial score (nSPS) is 17.8. The van der Waals surface area contributed by atoms with Gasteiger partial charge in [0, 0.05) is 42.2 Å². The van der Waals surface area contributed by atoms with E-state index in [0.29, 0.717) is 11.7 Å². The molecule has 166 valence electrons. The third kappa shape index (κ3) is 4.07. The zero-order valence-electron chi connectivity index (χ0n) is 18.6. The van der Waals surface area contributed by atoms with Crippen LogP contribution in [0.2, 0.25) is 0 Å². The van der Waals surface area contributed by atoms with E-state index in [1.165, 1.54) is 0 Å². The lowest BCUT2D eigenvalue weighted by Crippen LogP contribution is -2.30. The zero-order chi connectivity index (χ0) is 22.8. The van der Waals surface area contributed by atoms with Crippen molar-refractivity contribution < 1.29 is 4.74 Å². The molecule has 2 atom stereocenters. The second kappa shape index (κ2) is 9.03. The van der Waals surface area contributed by atoms with Crippen LogP contribution in [0.15, 0.2) is 85.3 Å². The summed E-state index contributed by atoms with van der Waals surface area (Å²) in [4.78, 5) is 11.2. The highest BCUT2D eigenvalue weighted by Crippen LogP contribution is 2.41. The molecule has 3 aromatic heterocycles. The Morgan fingerprint density at radius 1 is 1.00 bits per heavy atom. The highest BCUT2D eigenvalue weighted by atomic mass is 32.1. The summed E-state index contributed by atoms with van der Waals surface area (Å²) < 4.78 is 7.64. The maximum atomic E-state index is 5.83. The van der Waals surface area contributed by atoms with Gasteiger partial charge in [-0.3, -0.25) is 9.97 Å². The Morgan fingerprint density at radius 2 is 1.85 bits per heavy atom. The number of methoxy groups -OCH3 is 1. The number of benzene rings is 1. The van der Waals surface area contributed by atoms with Crippen LogP contribution in [0.4, 0.5) is 0 Å². The van der Waals surface area contributed by atoms with E-state index in [0.717, 1.165) is 34.1 Å². The fraction of sp³-hybridized carbons (Fsp3) is 0.192. The minimum atomic E-state index is -0.0818. The summed E-state index contributed by atoms with van der Waals surface area (Å²) >= 11 is 5.83. The van der Waals surface area contributed by atoms with E-state index < -0.39 is 0 Å². The first kappa shape index (κ1) is 21.2. The van der Waals surface area contributed by atoms with Crippen molar-refractivity contribution in [3.63, 3.8) is 0 Å². The first-order chi connectivity index (χ1) is 16.2. The van der Waals surface area contributed by atoms with E-state index in [4.69, 9.17) is 17.0 Å². The van der Waals surface area contributed by atoms with Crippen LogP contribution in [0, 0.1) is 6.92 Å². The van der Waals surface area contributed by atoms with Gasteiger partial charge in [0.1, 0.15) is 5.75 Å². The Bertz CT molecular complexity index is 1240. The number of aryl methyl sites for hydroxylation is 1. The molecular formula is C26H25N5OS. The number of hydrogen-bond donors (Lipinski definition) is 1. The molecular weight excluding hydrogens is 430 g/mol. The van der Waals surface area contributed by atoms with E-state index >= 15 is 0 Å². The minimum Gasteiger partial charge on any atom is -0.497 e. The average molecular weight is 456 g/mol. The number of pyridine rings is 2. The Hall–Kier alpha value is -3.71. The van der Waals surface area contributed by atoms with Crippen molar-refractivity contribution in [2.45, 2.75) is 25.6 Å². The quantitative estimate of drug-likeness (QED) is 0.423. The minimum absolute atomic E-state index is 0.0524. The summed E-state index contributed by atoms with van der Waals surface area (Å²) in [6, 6.07) is 22.4. The molecule has 0 unspecified atom stereocenters. The van der Waals surface area contributed by atoms with Crippen molar-refractivity contribution in [2.75, 3.05) is 7.11 Å². The fourth-order valence-corrected chi connectivity index (χ4v) is 4.76. The highest BCUT2D eigenvalue weighted by Gasteiger charge is 2.41. The van der Waals surface area contributed by atoms with E-state index in [9.17, 15) is 0 Å². The van der Waals surface area contributed by atoms with Crippen LogP contribution in [0.3, 0.4) is 0 Å². The Labute approximate surface area is 198 Å². The molecule has 0 spiro atoms. The number of ether oxygens (including phenoxy) is 1. The van der Waals surface area contributed by atoms with Gasteiger partial charge in [-0.25, -0.2) is 0 Å². The van der Waals surface area contributed by atoms with Crippen molar-refractivity contribution in [2.24, 2.45) is 0 Å². The van der Waals surface area contributed by atoms with E-state index in [-0.39, 0.29) is 12.1 Å². The maximum absolute atomic E-state index is 5.83. The van der Waals surface area contributed by atoms with Gasteiger partial charge in [0.15, 0.2) is 5.11 Å². The van der Waals surface area contributed by atoms with E-state index in [1.807, 2.05) is 48.8 Å². The number of nitrogens with one attached hydrogen (secondary N) is 1. The van der Waals surface area contributed by atoms with Crippen LogP contribution in [0.1, 0.15) is 34.7 Å². The van der Waals surface area contributed by atoms with E-state index in [1.54, 1.807) is 13.3 Å². The predicted octanol–water partition coefficient (Wildman–Crippen LogP) is 4.76. The molecule has 1 N–H and O–H groups in total. The van der Waals surface area contributed by atoms with Gasteiger partial charge < -0.3 is 19.5 Å². The average Bonchev–Trinajstić information content (AvgIpc) is 3.39. The first-order valence-electron chi connectivity index (χ1n) is 10.9. The Balaban J connectivity index is 1.62. The molecule has 0 bridgehead atoms. The van der Waals surface area contributed by atoms with Gasteiger partial charge in [0.2, 0.25) is 0 Å². The molecule has 0 aliphatic carbocycles. The highest BCUT2D eigenvalue weighted by molar-refractivity contribution is 7.80. The predicted molar refractivity (Wildman–Crippen MR) is 132 cm³/mol. The molecule has 0 saturated carbocycles. The third-order valence-electron chi connectivity index (χ3n) is 6.01. The summed E-state index contributed by atoms with van der Waals surface area (Å²) in [5, 5.41) is 4.24. The largest absolute Gasteiger partial charge is 0.497 e. The monoisotopic (exact) mass is 455 g/mol. The number of hydrogen-bond acceptors (Lipinski definition) is 4. The molecule has 6 nitrogen and oxygen atoms in total. The molecule has 0 amide bonds. The van der Waals surface area contributed by atoms with Gasteiger partial charge in [-0.2, -0.15) is 0 Å². The lowest BCUT2D eigenvalue weighted by Gasteiger charge is -2.29. The van der Waals surface area contributed by atoms with Gasteiger partial charge in [-0.1, -0.05) is 12.1 Å². The van der Waals surface area contributed by atoms with Crippen LogP contribution in [-0.4, -0.2) is 31.7 Å². The molecule has 4 aromatic rings. The second-order valence-electron chi connectivity index (χ2n) is 8.05. The van der Waals surface area contributed by atoms with Crippen molar-refractivity contribution in [1.82, 2.24) is 24.8 Å². The van der Waals surface area contributed by atoms with Crippen LogP contribution < -0.4 is 10.1 Å². The van der Waals surface area contributed by atoms with Crippen LogP contribution in [0.5, 0.6) is 5.75 Å². The maximum Gasteiger partial charge on any atom is 0.170 e.